The van der Waals surface area contributed by atoms with Crippen molar-refractivity contribution < 1.29 is 14.3 Å². The van der Waals surface area contributed by atoms with Crippen molar-refractivity contribution in [2.75, 3.05) is 13.2 Å². The minimum Gasteiger partial charge on any atom is -0.494 e. The highest BCUT2D eigenvalue weighted by molar-refractivity contribution is 5.81. The van der Waals surface area contributed by atoms with Gasteiger partial charge in [0.25, 0.3) is 5.91 Å². The zero-order chi connectivity index (χ0) is 18.8. The molecule has 2 aromatic carbocycles. The van der Waals surface area contributed by atoms with Gasteiger partial charge in [0.05, 0.1) is 6.61 Å². The minimum absolute atomic E-state index is 0.0549. The molecule has 4 nitrogen and oxygen atoms in total. The van der Waals surface area contributed by atoms with E-state index in [-0.39, 0.29) is 5.91 Å². The van der Waals surface area contributed by atoms with Crippen LogP contribution in [0.5, 0.6) is 11.5 Å². The van der Waals surface area contributed by atoms with Gasteiger partial charge in [0.15, 0.2) is 6.10 Å². The monoisotopic (exact) mass is 355 g/mol. The van der Waals surface area contributed by atoms with Crippen molar-refractivity contribution in [3.63, 3.8) is 0 Å². The fraction of sp³-hybridized carbons (Fsp3) is 0.409. The van der Waals surface area contributed by atoms with Crippen molar-refractivity contribution in [1.82, 2.24) is 5.32 Å². The van der Waals surface area contributed by atoms with Gasteiger partial charge in [-0.1, -0.05) is 31.2 Å². The summed E-state index contributed by atoms with van der Waals surface area (Å²) >= 11 is 0. The summed E-state index contributed by atoms with van der Waals surface area (Å²) in [5.41, 5.74) is 2.36. The molecule has 0 saturated carbocycles. The van der Waals surface area contributed by atoms with E-state index in [1.807, 2.05) is 57.2 Å². The smallest absolute Gasteiger partial charge is 0.261 e. The summed E-state index contributed by atoms with van der Waals surface area (Å²) in [5, 5.41) is 2.98. The Balaban J connectivity index is 1.74. The molecular weight excluding hydrogens is 326 g/mol. The van der Waals surface area contributed by atoms with Crippen LogP contribution in [-0.4, -0.2) is 25.2 Å². The SMILES string of the molecule is CCOc1ccc(CCCNC(=O)[C@H](CC)Oc2cccc(C)c2)cc1. The largest absolute Gasteiger partial charge is 0.494 e. The molecule has 2 rings (SSSR count). The number of hydrogen-bond donors (Lipinski definition) is 1. The fourth-order valence-electron chi connectivity index (χ4n) is 2.71. The third kappa shape index (κ3) is 6.43. The summed E-state index contributed by atoms with van der Waals surface area (Å²) in [7, 11) is 0. The molecule has 0 bridgehead atoms. The minimum atomic E-state index is -0.456. The highest BCUT2D eigenvalue weighted by atomic mass is 16.5. The second kappa shape index (κ2) is 10.5. The summed E-state index contributed by atoms with van der Waals surface area (Å²) in [4.78, 5) is 12.3. The van der Waals surface area contributed by atoms with Crippen LogP contribution in [0.2, 0.25) is 0 Å². The first-order valence-corrected chi connectivity index (χ1v) is 9.35. The van der Waals surface area contributed by atoms with Crippen LogP contribution in [0, 0.1) is 6.92 Å². The van der Waals surface area contributed by atoms with E-state index < -0.39 is 6.10 Å². The van der Waals surface area contributed by atoms with Gasteiger partial charge in [-0.05, 0) is 68.5 Å². The Labute approximate surface area is 156 Å². The third-order valence-corrected chi connectivity index (χ3v) is 4.11. The van der Waals surface area contributed by atoms with Gasteiger partial charge in [0.1, 0.15) is 11.5 Å². The van der Waals surface area contributed by atoms with E-state index in [4.69, 9.17) is 9.47 Å². The van der Waals surface area contributed by atoms with Crippen LogP contribution in [0.3, 0.4) is 0 Å². The van der Waals surface area contributed by atoms with E-state index in [2.05, 4.69) is 17.4 Å². The maximum atomic E-state index is 12.3. The fourth-order valence-corrected chi connectivity index (χ4v) is 2.71. The molecule has 0 fully saturated rings. The molecule has 1 atom stereocenters. The molecule has 2 aromatic rings. The quantitative estimate of drug-likeness (QED) is 0.647. The van der Waals surface area contributed by atoms with E-state index in [9.17, 15) is 4.79 Å². The first-order valence-electron chi connectivity index (χ1n) is 9.35. The second-order valence-electron chi connectivity index (χ2n) is 6.30. The zero-order valence-electron chi connectivity index (χ0n) is 16.0. The Morgan fingerprint density at radius 1 is 1.08 bits per heavy atom. The number of carbonyl (C=O) groups is 1. The molecule has 1 N–H and O–H groups in total. The summed E-state index contributed by atoms with van der Waals surface area (Å²) in [5.74, 6) is 1.57. The van der Waals surface area contributed by atoms with Crippen LogP contribution in [-0.2, 0) is 11.2 Å². The molecule has 140 valence electrons. The number of ether oxygens (including phenoxy) is 2. The lowest BCUT2D eigenvalue weighted by molar-refractivity contribution is -0.128. The average Bonchev–Trinajstić information content (AvgIpc) is 2.64. The summed E-state index contributed by atoms with van der Waals surface area (Å²) in [6.07, 6.45) is 1.99. The van der Waals surface area contributed by atoms with Gasteiger partial charge in [-0.25, -0.2) is 0 Å². The van der Waals surface area contributed by atoms with Gasteiger partial charge in [-0.2, -0.15) is 0 Å². The average molecular weight is 355 g/mol. The number of amides is 1. The lowest BCUT2D eigenvalue weighted by atomic mass is 10.1. The normalized spacial score (nSPS) is 11.7. The zero-order valence-corrected chi connectivity index (χ0v) is 16.0. The lowest BCUT2D eigenvalue weighted by Crippen LogP contribution is -2.38. The van der Waals surface area contributed by atoms with Gasteiger partial charge in [-0.15, -0.1) is 0 Å². The van der Waals surface area contributed by atoms with E-state index in [0.29, 0.717) is 19.6 Å². The van der Waals surface area contributed by atoms with E-state index >= 15 is 0 Å². The summed E-state index contributed by atoms with van der Waals surface area (Å²) in [6, 6.07) is 15.9. The maximum Gasteiger partial charge on any atom is 0.261 e. The number of aryl methyl sites for hydroxylation is 2. The molecule has 1 amide bonds. The van der Waals surface area contributed by atoms with Crippen molar-refractivity contribution >= 4 is 5.91 Å². The Hall–Kier alpha value is -2.49. The van der Waals surface area contributed by atoms with E-state index in [1.165, 1.54) is 5.56 Å². The first kappa shape index (κ1) is 19.8. The van der Waals surface area contributed by atoms with Gasteiger partial charge in [0.2, 0.25) is 0 Å². The number of hydrogen-bond acceptors (Lipinski definition) is 3. The molecule has 0 aliphatic rings. The molecule has 0 heterocycles. The third-order valence-electron chi connectivity index (χ3n) is 4.11. The van der Waals surface area contributed by atoms with Crippen molar-refractivity contribution in [2.45, 2.75) is 46.1 Å². The molecule has 0 aromatic heterocycles. The Bertz CT molecular complexity index is 682. The first-order chi connectivity index (χ1) is 12.6. The molecule has 26 heavy (non-hydrogen) atoms. The van der Waals surface area contributed by atoms with Gasteiger partial charge < -0.3 is 14.8 Å². The Morgan fingerprint density at radius 2 is 1.85 bits per heavy atom. The van der Waals surface area contributed by atoms with Crippen LogP contribution in [0.15, 0.2) is 48.5 Å². The van der Waals surface area contributed by atoms with Crippen LogP contribution >= 0.6 is 0 Å². The predicted molar refractivity (Wildman–Crippen MR) is 105 cm³/mol. The molecule has 0 saturated heterocycles. The molecule has 0 unspecified atom stereocenters. The second-order valence-corrected chi connectivity index (χ2v) is 6.30. The predicted octanol–water partition coefficient (Wildman–Crippen LogP) is 4.30. The number of nitrogens with one attached hydrogen (secondary N) is 1. The number of rotatable bonds is 10. The van der Waals surface area contributed by atoms with Crippen molar-refractivity contribution in [3.05, 3.63) is 59.7 Å². The highest BCUT2D eigenvalue weighted by Gasteiger charge is 2.17. The molecular formula is C22H29NO3. The standard InChI is InChI=1S/C22H29NO3/c1-4-21(26-20-10-6-8-17(3)16-20)22(24)23-15-7-9-18-11-13-19(14-12-18)25-5-2/h6,8,10-14,16,21H,4-5,7,9,15H2,1-3H3,(H,23,24)/t21-/m0/s1. The number of benzene rings is 2. The van der Waals surface area contributed by atoms with Crippen LogP contribution in [0.25, 0.3) is 0 Å². The number of carbonyl (C=O) groups excluding carboxylic acids is 1. The Morgan fingerprint density at radius 3 is 2.50 bits per heavy atom. The topological polar surface area (TPSA) is 47.6 Å². The van der Waals surface area contributed by atoms with Crippen molar-refractivity contribution in [3.8, 4) is 11.5 Å². The van der Waals surface area contributed by atoms with Crippen molar-refractivity contribution in [1.29, 1.82) is 0 Å². The molecule has 4 heteroatoms. The van der Waals surface area contributed by atoms with Gasteiger partial charge >= 0.3 is 0 Å². The lowest BCUT2D eigenvalue weighted by Gasteiger charge is -2.17. The van der Waals surface area contributed by atoms with Crippen molar-refractivity contribution in [2.24, 2.45) is 0 Å². The van der Waals surface area contributed by atoms with Gasteiger partial charge in [0, 0.05) is 6.54 Å². The molecule has 0 aliphatic carbocycles. The summed E-state index contributed by atoms with van der Waals surface area (Å²) < 4.78 is 11.3. The van der Waals surface area contributed by atoms with Crippen LogP contribution in [0.1, 0.15) is 37.8 Å². The molecule has 0 aliphatic heterocycles. The highest BCUT2D eigenvalue weighted by Crippen LogP contribution is 2.16. The van der Waals surface area contributed by atoms with Crippen LogP contribution < -0.4 is 14.8 Å². The van der Waals surface area contributed by atoms with Crippen LogP contribution in [0.4, 0.5) is 0 Å². The summed E-state index contributed by atoms with van der Waals surface area (Å²) in [6.45, 7) is 7.26. The van der Waals surface area contributed by atoms with Gasteiger partial charge in [-0.3, -0.25) is 4.79 Å². The molecule has 0 spiro atoms. The van der Waals surface area contributed by atoms with E-state index in [0.717, 1.165) is 29.9 Å². The Kier molecular flexibility index (Phi) is 8.00. The van der Waals surface area contributed by atoms with E-state index in [1.54, 1.807) is 0 Å². The molecule has 0 radical (unpaired) electrons. The maximum absolute atomic E-state index is 12.3.